The molecule has 0 spiro atoms. The molecule has 0 heterocycles. The van der Waals surface area contributed by atoms with Gasteiger partial charge >= 0.3 is 17.5 Å². The first-order chi connectivity index (χ1) is 8.31. The molecule has 0 aliphatic rings. The number of hydrogen-bond donors (Lipinski definition) is 3. The van der Waals surface area contributed by atoms with Gasteiger partial charge in [-0.3, -0.25) is 4.79 Å². The highest BCUT2D eigenvalue weighted by Crippen LogP contribution is 2.29. The quantitative estimate of drug-likeness (QED) is 0.595. The number of rotatable bonds is 8. The van der Waals surface area contributed by atoms with Crippen LogP contribution in [0, 0.1) is 0 Å². The Bertz CT molecular complexity index is 274. The summed E-state index contributed by atoms with van der Waals surface area (Å²) in [7, 11) is 0. The zero-order valence-electron chi connectivity index (χ0n) is 9.55. The number of nitrogens with one attached hydrogen (secondary N) is 2. The summed E-state index contributed by atoms with van der Waals surface area (Å²) in [4.78, 5) is 21.2. The molecule has 0 fully saturated rings. The monoisotopic (exact) mass is 288 g/mol. The molecule has 0 atom stereocenters. The van der Waals surface area contributed by atoms with Crippen LogP contribution in [0.15, 0.2) is 0 Å². The number of urea groups is 1. The molecule has 0 aliphatic carbocycles. The molecule has 5 nitrogen and oxygen atoms in total. The summed E-state index contributed by atoms with van der Waals surface area (Å²) in [5.74, 6) is -1.14. The standard InChI is InChI=1S/C9H15F3N2O3S/c10-9(11,12)18-6-5-14-8(17)13-4-2-1-3-7(15)16/h1-6H2,(H,15,16)(H2,13,14,17). The highest BCUT2D eigenvalue weighted by Gasteiger charge is 2.27. The van der Waals surface area contributed by atoms with E-state index in [-0.39, 0.29) is 30.5 Å². The Labute approximate surface area is 106 Å². The molecule has 0 radical (unpaired) electrons. The molecule has 0 aromatic heterocycles. The number of carbonyl (C=O) groups is 2. The van der Waals surface area contributed by atoms with Gasteiger partial charge in [-0.25, -0.2) is 4.79 Å². The van der Waals surface area contributed by atoms with E-state index in [1.165, 1.54) is 0 Å². The molecule has 0 aliphatic heterocycles. The molecule has 0 unspecified atom stereocenters. The van der Waals surface area contributed by atoms with Gasteiger partial charge in [-0.05, 0) is 24.6 Å². The van der Waals surface area contributed by atoms with Crippen molar-refractivity contribution in [3.8, 4) is 0 Å². The van der Waals surface area contributed by atoms with Crippen LogP contribution in [0.25, 0.3) is 0 Å². The SMILES string of the molecule is O=C(O)CCCCNC(=O)NCCSC(F)(F)F. The van der Waals surface area contributed by atoms with Crippen molar-refractivity contribution in [3.63, 3.8) is 0 Å². The fourth-order valence-corrected chi connectivity index (χ4v) is 1.43. The number of alkyl halides is 3. The molecular weight excluding hydrogens is 273 g/mol. The Morgan fingerprint density at radius 1 is 1.11 bits per heavy atom. The van der Waals surface area contributed by atoms with E-state index < -0.39 is 17.5 Å². The lowest BCUT2D eigenvalue weighted by Gasteiger charge is -2.08. The lowest BCUT2D eigenvalue weighted by Crippen LogP contribution is -2.37. The second kappa shape index (κ2) is 8.90. The molecule has 0 bridgehead atoms. The third-order valence-corrected chi connectivity index (χ3v) is 2.49. The van der Waals surface area contributed by atoms with Gasteiger partial charge in [0.05, 0.1) is 0 Å². The van der Waals surface area contributed by atoms with Gasteiger partial charge in [-0.15, -0.1) is 0 Å². The van der Waals surface area contributed by atoms with E-state index in [1.54, 1.807) is 0 Å². The number of carboxylic acid groups (broad SMARTS) is 1. The Morgan fingerprint density at radius 2 is 1.72 bits per heavy atom. The molecule has 106 valence electrons. The molecule has 18 heavy (non-hydrogen) atoms. The van der Waals surface area contributed by atoms with Crippen LogP contribution in [0.2, 0.25) is 0 Å². The number of unbranched alkanes of at least 4 members (excludes halogenated alkanes) is 1. The molecule has 0 aromatic carbocycles. The number of hydrogen-bond acceptors (Lipinski definition) is 3. The summed E-state index contributed by atoms with van der Waals surface area (Å²) >= 11 is -0.197. The van der Waals surface area contributed by atoms with Gasteiger partial charge in [0.2, 0.25) is 0 Å². The van der Waals surface area contributed by atoms with Crippen molar-refractivity contribution in [2.24, 2.45) is 0 Å². The lowest BCUT2D eigenvalue weighted by molar-refractivity contribution is -0.137. The second-order valence-corrected chi connectivity index (χ2v) is 4.49. The normalized spacial score (nSPS) is 11.1. The maximum atomic E-state index is 11.7. The van der Waals surface area contributed by atoms with E-state index in [9.17, 15) is 22.8 Å². The summed E-state index contributed by atoms with van der Waals surface area (Å²) < 4.78 is 35.2. The smallest absolute Gasteiger partial charge is 0.441 e. The van der Waals surface area contributed by atoms with Crippen LogP contribution >= 0.6 is 11.8 Å². The van der Waals surface area contributed by atoms with E-state index >= 15 is 0 Å². The topological polar surface area (TPSA) is 78.4 Å². The zero-order chi connectivity index (χ0) is 14.0. The van der Waals surface area contributed by atoms with E-state index in [0.717, 1.165) is 0 Å². The summed E-state index contributed by atoms with van der Waals surface area (Å²) in [5.41, 5.74) is -4.28. The summed E-state index contributed by atoms with van der Waals surface area (Å²) in [6, 6.07) is -0.548. The fourth-order valence-electron chi connectivity index (χ4n) is 0.997. The van der Waals surface area contributed by atoms with Gasteiger partial charge in [-0.2, -0.15) is 13.2 Å². The van der Waals surface area contributed by atoms with Crippen LogP contribution in [-0.2, 0) is 4.79 Å². The highest BCUT2D eigenvalue weighted by molar-refractivity contribution is 8.00. The number of thioether (sulfide) groups is 1. The van der Waals surface area contributed by atoms with Crippen molar-refractivity contribution >= 4 is 23.8 Å². The maximum absolute atomic E-state index is 11.7. The molecule has 0 saturated heterocycles. The summed E-state index contributed by atoms with van der Waals surface area (Å²) in [6.07, 6.45) is 0.988. The van der Waals surface area contributed by atoms with Crippen LogP contribution < -0.4 is 10.6 Å². The number of carbonyl (C=O) groups excluding carboxylic acids is 1. The Hall–Kier alpha value is -1.12. The number of carboxylic acids is 1. The van der Waals surface area contributed by atoms with Crippen molar-refractivity contribution < 1.29 is 27.9 Å². The Morgan fingerprint density at radius 3 is 2.28 bits per heavy atom. The molecule has 3 N–H and O–H groups in total. The minimum atomic E-state index is -4.28. The van der Waals surface area contributed by atoms with Crippen molar-refractivity contribution in [3.05, 3.63) is 0 Å². The van der Waals surface area contributed by atoms with Gasteiger partial charge < -0.3 is 15.7 Å². The fraction of sp³-hybridized carbons (Fsp3) is 0.778. The molecule has 9 heteroatoms. The van der Waals surface area contributed by atoms with Gasteiger partial charge in [-0.1, -0.05) is 0 Å². The molecule has 2 amide bonds. The van der Waals surface area contributed by atoms with Crippen LogP contribution in [0.3, 0.4) is 0 Å². The predicted molar refractivity (Wildman–Crippen MR) is 61.4 cm³/mol. The Kier molecular flexibility index (Phi) is 8.34. The third kappa shape index (κ3) is 12.9. The highest BCUT2D eigenvalue weighted by atomic mass is 32.2. The second-order valence-electron chi connectivity index (χ2n) is 3.33. The zero-order valence-corrected chi connectivity index (χ0v) is 10.4. The first kappa shape index (κ1) is 16.9. The number of amides is 2. The number of aliphatic carboxylic acids is 1. The van der Waals surface area contributed by atoms with Crippen LogP contribution in [-0.4, -0.2) is 41.5 Å². The molecule has 0 saturated carbocycles. The van der Waals surface area contributed by atoms with E-state index in [2.05, 4.69) is 10.6 Å². The van der Waals surface area contributed by atoms with Gasteiger partial charge in [0.25, 0.3) is 0 Å². The lowest BCUT2D eigenvalue weighted by atomic mass is 10.2. The summed E-state index contributed by atoms with van der Waals surface area (Å²) in [5, 5.41) is 13.0. The van der Waals surface area contributed by atoms with Gasteiger partial charge in [0.15, 0.2) is 0 Å². The van der Waals surface area contributed by atoms with Crippen LogP contribution in [0.4, 0.5) is 18.0 Å². The molecule has 0 aromatic rings. The molecule has 0 rings (SSSR count). The summed E-state index contributed by atoms with van der Waals surface area (Å²) in [6.45, 7) is 0.219. The maximum Gasteiger partial charge on any atom is 0.441 e. The van der Waals surface area contributed by atoms with Gasteiger partial charge in [0, 0.05) is 25.3 Å². The number of halogens is 3. The predicted octanol–water partition coefficient (Wildman–Crippen LogP) is 1.79. The largest absolute Gasteiger partial charge is 0.481 e. The average Bonchev–Trinajstić information content (AvgIpc) is 2.22. The van der Waals surface area contributed by atoms with E-state index in [0.29, 0.717) is 19.4 Å². The van der Waals surface area contributed by atoms with Gasteiger partial charge in [0.1, 0.15) is 0 Å². The third-order valence-electron chi connectivity index (χ3n) is 1.76. The van der Waals surface area contributed by atoms with E-state index in [1.807, 2.05) is 0 Å². The minimum Gasteiger partial charge on any atom is -0.481 e. The van der Waals surface area contributed by atoms with Crippen molar-refractivity contribution in [2.45, 2.75) is 24.8 Å². The van der Waals surface area contributed by atoms with Crippen LogP contribution in [0.5, 0.6) is 0 Å². The Balaban J connectivity index is 3.35. The van der Waals surface area contributed by atoms with Crippen molar-refractivity contribution in [1.29, 1.82) is 0 Å². The van der Waals surface area contributed by atoms with E-state index in [4.69, 9.17) is 5.11 Å². The van der Waals surface area contributed by atoms with Crippen molar-refractivity contribution in [2.75, 3.05) is 18.8 Å². The first-order valence-corrected chi connectivity index (χ1v) is 6.24. The first-order valence-electron chi connectivity index (χ1n) is 5.25. The molecular formula is C9H15F3N2O3S. The van der Waals surface area contributed by atoms with Crippen LogP contribution in [0.1, 0.15) is 19.3 Å². The average molecular weight is 288 g/mol. The minimum absolute atomic E-state index is 0.0333. The van der Waals surface area contributed by atoms with Crippen molar-refractivity contribution in [1.82, 2.24) is 10.6 Å².